The highest BCUT2D eigenvalue weighted by Gasteiger charge is 2.30. The van der Waals surface area contributed by atoms with Crippen LogP contribution < -0.4 is 0 Å². The number of alkyl halides is 3. The molecule has 0 saturated heterocycles. The van der Waals surface area contributed by atoms with Crippen molar-refractivity contribution >= 4 is 11.7 Å². The fourth-order valence-electron chi connectivity index (χ4n) is 2.57. The fourth-order valence-corrected chi connectivity index (χ4v) is 2.57. The minimum absolute atomic E-state index is 0.0133. The van der Waals surface area contributed by atoms with Crippen LogP contribution in [0.3, 0.4) is 0 Å². The third-order valence-corrected chi connectivity index (χ3v) is 3.86. The molecule has 6 nitrogen and oxygen atoms in total. The Kier molecular flexibility index (Phi) is 4.39. The summed E-state index contributed by atoms with van der Waals surface area (Å²) in [4.78, 5) is 22.2. The maximum atomic E-state index is 12.6. The molecule has 0 saturated carbocycles. The first-order valence-corrected chi connectivity index (χ1v) is 7.78. The second-order valence-corrected chi connectivity index (χ2v) is 6.04. The highest BCUT2D eigenvalue weighted by atomic mass is 19.4. The van der Waals surface area contributed by atoms with Crippen LogP contribution in [0.25, 0.3) is 5.78 Å². The first-order valence-electron chi connectivity index (χ1n) is 7.78. The number of aromatic nitrogens is 4. The molecule has 0 radical (unpaired) electrons. The van der Waals surface area contributed by atoms with Crippen LogP contribution >= 0.6 is 0 Å². The van der Waals surface area contributed by atoms with Crippen molar-refractivity contribution in [3.05, 3.63) is 58.7 Å². The normalized spacial score (nSPS) is 11.8. The Balaban J connectivity index is 1.78. The first kappa shape index (κ1) is 17.8. The van der Waals surface area contributed by atoms with E-state index in [9.17, 15) is 18.0 Å². The molecule has 2 aromatic heterocycles. The van der Waals surface area contributed by atoms with E-state index < -0.39 is 17.6 Å². The molecule has 0 aliphatic rings. The van der Waals surface area contributed by atoms with Crippen LogP contribution in [0.1, 0.15) is 33.1 Å². The molecule has 136 valence electrons. The predicted molar refractivity (Wildman–Crippen MR) is 87.5 cm³/mol. The van der Waals surface area contributed by atoms with Gasteiger partial charge in [-0.3, -0.25) is 4.79 Å². The largest absolute Gasteiger partial charge is 0.416 e. The van der Waals surface area contributed by atoms with Gasteiger partial charge >= 0.3 is 6.18 Å². The van der Waals surface area contributed by atoms with E-state index in [-0.39, 0.29) is 12.4 Å². The second kappa shape index (κ2) is 6.40. The van der Waals surface area contributed by atoms with Gasteiger partial charge in [0.05, 0.1) is 5.56 Å². The Bertz CT molecular complexity index is 963. The summed E-state index contributed by atoms with van der Waals surface area (Å²) in [5, 5.41) is 4.17. The van der Waals surface area contributed by atoms with Crippen LogP contribution in [-0.4, -0.2) is 37.4 Å². The molecule has 26 heavy (non-hydrogen) atoms. The number of hydrogen-bond acceptors (Lipinski definition) is 4. The lowest BCUT2D eigenvalue weighted by Crippen LogP contribution is -2.27. The third-order valence-electron chi connectivity index (χ3n) is 3.86. The van der Waals surface area contributed by atoms with Crippen LogP contribution in [0, 0.1) is 13.8 Å². The van der Waals surface area contributed by atoms with E-state index >= 15 is 0 Å². The van der Waals surface area contributed by atoms with Crippen molar-refractivity contribution in [2.45, 2.75) is 26.6 Å². The molecule has 0 atom stereocenters. The number of hydrogen-bond donors (Lipinski definition) is 0. The van der Waals surface area contributed by atoms with Crippen molar-refractivity contribution in [2.75, 3.05) is 7.05 Å². The molecule has 0 N–H and O–H groups in total. The predicted octanol–water partition coefficient (Wildman–Crippen LogP) is 3.03. The summed E-state index contributed by atoms with van der Waals surface area (Å²) >= 11 is 0. The molecular weight excluding hydrogens is 347 g/mol. The lowest BCUT2D eigenvalue weighted by Gasteiger charge is -2.16. The SMILES string of the molecule is Cc1cc(C)n2nc(C(=O)N(C)Cc3ccc(C(F)(F)F)cc3)nc2n1. The summed E-state index contributed by atoms with van der Waals surface area (Å²) < 4.78 is 39.3. The van der Waals surface area contributed by atoms with E-state index in [0.717, 1.165) is 23.5 Å². The monoisotopic (exact) mass is 363 g/mol. The van der Waals surface area contributed by atoms with E-state index in [1.54, 1.807) is 0 Å². The van der Waals surface area contributed by atoms with Crippen LogP contribution in [0.5, 0.6) is 0 Å². The first-order chi connectivity index (χ1) is 12.1. The van der Waals surface area contributed by atoms with Crippen molar-refractivity contribution < 1.29 is 18.0 Å². The molecule has 1 amide bonds. The number of halogens is 3. The molecule has 0 bridgehead atoms. The minimum atomic E-state index is -4.39. The summed E-state index contributed by atoms with van der Waals surface area (Å²) in [5.74, 6) is -0.123. The molecule has 2 heterocycles. The van der Waals surface area contributed by atoms with Gasteiger partial charge in [-0.2, -0.15) is 18.2 Å². The van der Waals surface area contributed by atoms with Gasteiger partial charge in [0, 0.05) is 25.0 Å². The molecule has 0 aliphatic heterocycles. The van der Waals surface area contributed by atoms with Crippen LogP contribution in [0.4, 0.5) is 13.2 Å². The van der Waals surface area contributed by atoms with Gasteiger partial charge in [-0.1, -0.05) is 12.1 Å². The number of carbonyl (C=O) groups is 1. The average molecular weight is 363 g/mol. The van der Waals surface area contributed by atoms with Gasteiger partial charge in [-0.25, -0.2) is 9.50 Å². The summed E-state index contributed by atoms with van der Waals surface area (Å²) in [5.41, 5.74) is 1.40. The molecule has 1 aromatic carbocycles. The maximum absolute atomic E-state index is 12.6. The van der Waals surface area contributed by atoms with Gasteiger partial charge < -0.3 is 4.90 Å². The lowest BCUT2D eigenvalue weighted by atomic mass is 10.1. The quantitative estimate of drug-likeness (QED) is 0.718. The van der Waals surface area contributed by atoms with Gasteiger partial charge in [0.15, 0.2) is 0 Å². The second-order valence-electron chi connectivity index (χ2n) is 6.04. The molecule has 3 aromatic rings. The standard InChI is InChI=1S/C17H16F3N5O/c1-10-8-11(2)25-16(21-10)22-14(23-25)15(26)24(3)9-12-4-6-13(7-5-12)17(18,19)20/h4-8H,9H2,1-3H3. The fraction of sp³-hybridized carbons (Fsp3) is 0.294. The Morgan fingerprint density at radius 1 is 1.15 bits per heavy atom. The van der Waals surface area contributed by atoms with E-state index in [4.69, 9.17) is 0 Å². The highest BCUT2D eigenvalue weighted by Crippen LogP contribution is 2.29. The molecular formula is C17H16F3N5O. The number of aryl methyl sites for hydroxylation is 2. The number of rotatable bonds is 3. The van der Waals surface area contributed by atoms with Crippen LogP contribution in [-0.2, 0) is 12.7 Å². The number of nitrogens with zero attached hydrogens (tertiary/aromatic N) is 5. The Labute approximate surface area is 147 Å². The Morgan fingerprint density at radius 3 is 2.42 bits per heavy atom. The molecule has 0 spiro atoms. The average Bonchev–Trinajstić information content (AvgIpc) is 2.98. The van der Waals surface area contributed by atoms with E-state index in [0.29, 0.717) is 11.3 Å². The summed E-state index contributed by atoms with van der Waals surface area (Å²) in [6.07, 6.45) is -4.39. The Morgan fingerprint density at radius 2 is 1.81 bits per heavy atom. The summed E-state index contributed by atoms with van der Waals surface area (Å²) in [7, 11) is 1.54. The van der Waals surface area contributed by atoms with Crippen LogP contribution in [0.15, 0.2) is 30.3 Å². The number of carbonyl (C=O) groups excluding carboxylic acids is 1. The Hall–Kier alpha value is -2.97. The topological polar surface area (TPSA) is 63.4 Å². The molecule has 0 unspecified atom stereocenters. The zero-order valence-electron chi connectivity index (χ0n) is 14.4. The summed E-state index contributed by atoms with van der Waals surface area (Å²) in [6.45, 7) is 3.79. The third kappa shape index (κ3) is 3.51. The van der Waals surface area contributed by atoms with Crippen molar-refractivity contribution in [1.82, 2.24) is 24.5 Å². The molecule has 3 rings (SSSR count). The van der Waals surface area contributed by atoms with E-state index in [2.05, 4.69) is 15.1 Å². The van der Waals surface area contributed by atoms with Crippen LogP contribution in [0.2, 0.25) is 0 Å². The van der Waals surface area contributed by atoms with Crippen molar-refractivity contribution in [3.8, 4) is 0 Å². The molecule has 0 aliphatic carbocycles. The molecule has 9 heteroatoms. The number of fused-ring (bicyclic) bond motifs is 1. The van der Waals surface area contributed by atoms with Gasteiger partial charge in [0.25, 0.3) is 11.7 Å². The van der Waals surface area contributed by atoms with Crippen molar-refractivity contribution in [2.24, 2.45) is 0 Å². The van der Waals surface area contributed by atoms with Crippen molar-refractivity contribution in [3.63, 3.8) is 0 Å². The smallest absolute Gasteiger partial charge is 0.335 e. The zero-order valence-corrected chi connectivity index (χ0v) is 14.4. The maximum Gasteiger partial charge on any atom is 0.416 e. The highest BCUT2D eigenvalue weighted by molar-refractivity contribution is 5.90. The van der Waals surface area contributed by atoms with E-state index in [1.807, 2.05) is 19.9 Å². The van der Waals surface area contributed by atoms with E-state index in [1.165, 1.54) is 28.6 Å². The van der Waals surface area contributed by atoms with Gasteiger partial charge in [-0.15, -0.1) is 5.10 Å². The number of amides is 1. The lowest BCUT2D eigenvalue weighted by molar-refractivity contribution is -0.137. The molecule has 0 fully saturated rings. The van der Waals surface area contributed by atoms with Gasteiger partial charge in [-0.05, 0) is 37.6 Å². The summed E-state index contributed by atoms with van der Waals surface area (Å²) in [6, 6.07) is 6.50. The zero-order chi connectivity index (χ0) is 19.1. The minimum Gasteiger partial charge on any atom is -0.335 e. The number of benzene rings is 1. The van der Waals surface area contributed by atoms with Gasteiger partial charge in [0.2, 0.25) is 5.82 Å². The van der Waals surface area contributed by atoms with Gasteiger partial charge in [0.1, 0.15) is 0 Å². The van der Waals surface area contributed by atoms with Crippen molar-refractivity contribution in [1.29, 1.82) is 0 Å².